The molecule has 1 rings (SSSR count). The topological polar surface area (TPSA) is 26.3 Å². The van der Waals surface area contributed by atoms with E-state index in [1.54, 1.807) is 0 Å². The molecule has 2 nitrogen and oxygen atoms in total. The Morgan fingerprint density at radius 2 is 1.38 bits per heavy atom. The molecule has 0 N–H and O–H groups in total. The molecule has 0 radical (unpaired) electrons. The van der Waals surface area contributed by atoms with Crippen molar-refractivity contribution in [2.45, 2.75) is 24.6 Å². The van der Waals surface area contributed by atoms with Gasteiger partial charge in [-0.2, -0.15) is 30.7 Å². The van der Waals surface area contributed by atoms with Crippen LogP contribution in [0.5, 0.6) is 0 Å². The molecule has 0 aromatic heterocycles. The lowest BCUT2D eigenvalue weighted by atomic mass is 10.1. The highest BCUT2D eigenvalue weighted by Crippen LogP contribution is 2.47. The molecule has 0 atom stereocenters. The van der Waals surface area contributed by atoms with Crippen molar-refractivity contribution in [3.63, 3.8) is 0 Å². The molecular formula is C11H3F11O2. The molecule has 1 aromatic carbocycles. The summed E-state index contributed by atoms with van der Waals surface area (Å²) in [5.41, 5.74) is -1.41. The molecule has 0 aliphatic heterocycles. The highest BCUT2D eigenvalue weighted by atomic mass is 19.4. The van der Waals surface area contributed by atoms with E-state index in [9.17, 15) is 53.1 Å². The highest BCUT2D eigenvalue weighted by Gasteiger charge is 2.77. The number of halogens is 11. The minimum absolute atomic E-state index is 0.166. The number of carbonyl (C=O) groups excluding carboxylic acids is 1. The SMILES string of the molecule is O=C(OCc1cc(F)c(F)c(F)c1F)C(F)(F)C(F)(F)C(F)(F)F. The fourth-order valence-corrected chi connectivity index (χ4v) is 1.27. The monoisotopic (exact) mass is 376 g/mol. The van der Waals surface area contributed by atoms with Crippen LogP contribution in [0, 0.1) is 23.3 Å². The third-order valence-corrected chi connectivity index (χ3v) is 2.54. The van der Waals surface area contributed by atoms with Gasteiger partial charge in [0.1, 0.15) is 6.61 Å². The van der Waals surface area contributed by atoms with Crippen LogP contribution in [-0.4, -0.2) is 24.0 Å². The molecule has 24 heavy (non-hydrogen) atoms. The number of alkyl halides is 7. The molecule has 0 unspecified atom stereocenters. The average Bonchev–Trinajstić information content (AvgIpc) is 2.45. The lowest BCUT2D eigenvalue weighted by Gasteiger charge is -2.26. The summed E-state index contributed by atoms with van der Waals surface area (Å²) in [7, 11) is 0. The molecule has 0 aliphatic rings. The Bertz CT molecular complexity index is 650. The second kappa shape index (κ2) is 6.09. The third-order valence-electron chi connectivity index (χ3n) is 2.54. The summed E-state index contributed by atoms with van der Waals surface area (Å²) < 4.78 is 141. The van der Waals surface area contributed by atoms with Crippen LogP contribution < -0.4 is 0 Å². The Kier molecular flexibility index (Phi) is 5.07. The van der Waals surface area contributed by atoms with E-state index in [-0.39, 0.29) is 6.07 Å². The van der Waals surface area contributed by atoms with Gasteiger partial charge in [0.15, 0.2) is 23.3 Å². The lowest BCUT2D eigenvalue weighted by Crippen LogP contribution is -2.56. The Hall–Kier alpha value is -2.08. The van der Waals surface area contributed by atoms with Crippen molar-refractivity contribution in [3.05, 3.63) is 34.9 Å². The van der Waals surface area contributed by atoms with E-state index in [2.05, 4.69) is 4.74 Å². The number of ether oxygens (including phenoxy) is 1. The van der Waals surface area contributed by atoms with Crippen molar-refractivity contribution in [3.8, 4) is 0 Å². The number of rotatable bonds is 4. The number of hydrogen-bond donors (Lipinski definition) is 0. The standard InChI is InChI=1S/C11H3F11O2/c12-4-1-3(5(13)7(15)6(4)14)2-24-8(23)9(16,17)10(18,19)11(20,21)22/h1H,2H2. The Morgan fingerprint density at radius 3 is 1.83 bits per heavy atom. The number of hydrogen-bond acceptors (Lipinski definition) is 2. The predicted molar refractivity (Wildman–Crippen MR) is 52.0 cm³/mol. The van der Waals surface area contributed by atoms with E-state index >= 15 is 0 Å². The fourth-order valence-electron chi connectivity index (χ4n) is 1.27. The van der Waals surface area contributed by atoms with Gasteiger partial charge in [-0.05, 0) is 6.07 Å². The molecule has 0 aliphatic carbocycles. The Morgan fingerprint density at radius 1 is 0.875 bits per heavy atom. The van der Waals surface area contributed by atoms with E-state index in [0.717, 1.165) is 0 Å². The first-order chi connectivity index (χ1) is 10.6. The smallest absolute Gasteiger partial charge is 0.456 e. The largest absolute Gasteiger partial charge is 0.460 e. The molecule has 0 saturated carbocycles. The van der Waals surface area contributed by atoms with Crippen molar-refractivity contribution < 1.29 is 57.8 Å². The van der Waals surface area contributed by atoms with Crippen LogP contribution >= 0.6 is 0 Å². The maximum Gasteiger partial charge on any atom is 0.460 e. The quantitative estimate of drug-likeness (QED) is 0.342. The first-order valence-electron chi connectivity index (χ1n) is 5.46. The van der Waals surface area contributed by atoms with Crippen LogP contribution in [0.3, 0.4) is 0 Å². The normalized spacial score (nSPS) is 13.1. The molecule has 136 valence electrons. The molecule has 0 saturated heterocycles. The highest BCUT2D eigenvalue weighted by molar-refractivity contribution is 5.79. The molecular weight excluding hydrogens is 373 g/mol. The molecule has 1 aromatic rings. The Labute approximate surface area is 124 Å². The third kappa shape index (κ3) is 3.24. The van der Waals surface area contributed by atoms with Crippen LogP contribution in [0.2, 0.25) is 0 Å². The van der Waals surface area contributed by atoms with Crippen molar-refractivity contribution in [1.82, 2.24) is 0 Å². The summed E-state index contributed by atoms with van der Waals surface area (Å²) in [6, 6.07) is -0.166. The van der Waals surface area contributed by atoms with Crippen LogP contribution in [0.25, 0.3) is 0 Å². The van der Waals surface area contributed by atoms with Gasteiger partial charge >= 0.3 is 24.0 Å². The van der Waals surface area contributed by atoms with Crippen molar-refractivity contribution in [2.24, 2.45) is 0 Å². The van der Waals surface area contributed by atoms with E-state index in [4.69, 9.17) is 0 Å². The van der Waals surface area contributed by atoms with Gasteiger partial charge in [0.2, 0.25) is 0 Å². The number of benzene rings is 1. The van der Waals surface area contributed by atoms with E-state index < -0.39 is 59.4 Å². The zero-order valence-corrected chi connectivity index (χ0v) is 10.8. The van der Waals surface area contributed by atoms with Gasteiger partial charge in [0.25, 0.3) is 0 Å². The zero-order chi connectivity index (χ0) is 19.1. The molecule has 0 bridgehead atoms. The van der Waals surface area contributed by atoms with Crippen molar-refractivity contribution in [1.29, 1.82) is 0 Å². The van der Waals surface area contributed by atoms with Crippen LogP contribution in [0.15, 0.2) is 6.07 Å². The second-order valence-corrected chi connectivity index (χ2v) is 4.18. The van der Waals surface area contributed by atoms with Gasteiger partial charge in [0, 0.05) is 5.56 Å². The molecule has 0 heterocycles. The summed E-state index contributed by atoms with van der Waals surface area (Å²) in [6.07, 6.45) is -6.82. The van der Waals surface area contributed by atoms with Gasteiger partial charge in [-0.15, -0.1) is 0 Å². The Balaban J connectivity index is 3.02. The minimum Gasteiger partial charge on any atom is -0.456 e. The van der Waals surface area contributed by atoms with E-state index in [0.29, 0.717) is 0 Å². The summed E-state index contributed by atoms with van der Waals surface area (Å²) in [5, 5.41) is 0. The number of carbonyl (C=O) groups is 1. The summed E-state index contributed by atoms with van der Waals surface area (Å²) in [4.78, 5) is 10.7. The van der Waals surface area contributed by atoms with Crippen molar-refractivity contribution in [2.75, 3.05) is 0 Å². The van der Waals surface area contributed by atoms with Crippen LogP contribution in [0.1, 0.15) is 5.56 Å². The second-order valence-electron chi connectivity index (χ2n) is 4.18. The minimum atomic E-state index is -6.82. The average molecular weight is 376 g/mol. The number of esters is 1. The molecule has 0 amide bonds. The van der Waals surface area contributed by atoms with Crippen molar-refractivity contribution >= 4 is 5.97 Å². The van der Waals surface area contributed by atoms with Gasteiger partial charge < -0.3 is 4.74 Å². The fraction of sp³-hybridized carbons (Fsp3) is 0.364. The molecule has 0 fully saturated rings. The van der Waals surface area contributed by atoms with Gasteiger partial charge in [-0.25, -0.2) is 22.4 Å². The summed E-state index contributed by atoms with van der Waals surface area (Å²) in [6.45, 7) is -1.86. The van der Waals surface area contributed by atoms with Gasteiger partial charge in [-0.3, -0.25) is 0 Å². The summed E-state index contributed by atoms with van der Waals surface area (Å²) >= 11 is 0. The lowest BCUT2D eigenvalue weighted by molar-refractivity contribution is -0.348. The maximum absolute atomic E-state index is 13.1. The van der Waals surface area contributed by atoms with Gasteiger partial charge in [-0.1, -0.05) is 0 Å². The predicted octanol–water partition coefficient (Wildman–Crippen LogP) is 4.12. The maximum atomic E-state index is 13.1. The van der Waals surface area contributed by atoms with Gasteiger partial charge in [0.05, 0.1) is 0 Å². The molecule has 13 heteroatoms. The van der Waals surface area contributed by atoms with E-state index in [1.807, 2.05) is 0 Å². The first kappa shape index (κ1) is 20.0. The van der Waals surface area contributed by atoms with E-state index in [1.165, 1.54) is 0 Å². The first-order valence-corrected chi connectivity index (χ1v) is 5.46. The van der Waals surface area contributed by atoms with Crippen LogP contribution in [0.4, 0.5) is 48.3 Å². The molecule has 0 spiro atoms. The zero-order valence-electron chi connectivity index (χ0n) is 10.8. The van der Waals surface area contributed by atoms with Crippen LogP contribution in [-0.2, 0) is 16.1 Å². The summed E-state index contributed by atoms with van der Waals surface area (Å²) in [5.74, 6) is -25.7.